The van der Waals surface area contributed by atoms with Crippen molar-refractivity contribution >= 4 is 5.97 Å². The Bertz CT molecular complexity index is 475. The summed E-state index contributed by atoms with van der Waals surface area (Å²) in [5, 5.41) is 18.5. The van der Waals surface area contributed by atoms with Crippen LogP contribution in [0.5, 0.6) is 0 Å². The monoisotopic (exact) mass is 292 g/mol. The van der Waals surface area contributed by atoms with Crippen LogP contribution in [0.1, 0.15) is 52.9 Å². The molecule has 21 heavy (non-hydrogen) atoms. The summed E-state index contributed by atoms with van der Waals surface area (Å²) in [6.07, 6.45) is 7.41. The lowest BCUT2D eigenvalue weighted by atomic mass is 9.47. The molecule has 3 heteroatoms. The first-order valence-corrected chi connectivity index (χ1v) is 7.95. The molecule has 118 valence electrons. The lowest BCUT2D eigenvalue weighted by molar-refractivity contribution is -0.133. The van der Waals surface area contributed by atoms with Crippen molar-refractivity contribution in [1.82, 2.24) is 0 Å². The minimum absolute atomic E-state index is 0.0625. The second-order valence-electron chi connectivity index (χ2n) is 7.73. The number of hydrogen-bond donors (Lipinski definition) is 2. The third-order valence-corrected chi connectivity index (χ3v) is 5.99. The summed E-state index contributed by atoms with van der Waals surface area (Å²) in [6.45, 7) is 10.8. The van der Waals surface area contributed by atoms with Gasteiger partial charge in [0.25, 0.3) is 0 Å². The summed E-state index contributed by atoms with van der Waals surface area (Å²) in [6, 6.07) is 0. The van der Waals surface area contributed by atoms with Crippen molar-refractivity contribution in [2.45, 2.75) is 52.9 Å². The van der Waals surface area contributed by atoms with Gasteiger partial charge in [0.05, 0.1) is 12.2 Å². The zero-order chi connectivity index (χ0) is 15.8. The highest BCUT2D eigenvalue weighted by molar-refractivity contribution is 5.86. The molecule has 0 aromatic rings. The molecule has 0 saturated heterocycles. The second-order valence-corrected chi connectivity index (χ2v) is 7.73. The minimum Gasteiger partial charge on any atom is -0.478 e. The van der Waals surface area contributed by atoms with Crippen LogP contribution in [-0.4, -0.2) is 22.8 Å². The molecule has 2 rings (SSSR count). The maximum atomic E-state index is 11.2. The van der Waals surface area contributed by atoms with Crippen LogP contribution in [-0.2, 0) is 4.79 Å². The van der Waals surface area contributed by atoms with E-state index in [4.69, 9.17) is 0 Å². The van der Waals surface area contributed by atoms with Crippen molar-refractivity contribution < 1.29 is 15.0 Å². The van der Waals surface area contributed by atoms with E-state index in [0.717, 1.165) is 24.8 Å². The van der Waals surface area contributed by atoms with E-state index < -0.39 is 12.6 Å². The highest BCUT2D eigenvalue weighted by atomic mass is 16.4. The summed E-state index contributed by atoms with van der Waals surface area (Å²) in [7, 11) is 0. The highest BCUT2D eigenvalue weighted by Gasteiger charge is 2.52. The molecule has 0 amide bonds. The predicted molar refractivity (Wildman–Crippen MR) is 83.9 cm³/mol. The van der Waals surface area contributed by atoms with Gasteiger partial charge < -0.3 is 10.2 Å². The predicted octanol–water partition coefficient (Wildman–Crippen LogP) is 3.79. The minimum atomic E-state index is -1.02. The molecule has 0 heterocycles. The summed E-state index contributed by atoms with van der Waals surface area (Å²) in [4.78, 5) is 11.2. The quantitative estimate of drug-likeness (QED) is 0.614. The Balaban J connectivity index is 2.43. The molecule has 0 bridgehead atoms. The number of aliphatic carboxylic acids is 1. The molecule has 0 aliphatic heterocycles. The van der Waals surface area contributed by atoms with Gasteiger partial charge in [0.2, 0.25) is 0 Å². The van der Waals surface area contributed by atoms with Crippen molar-refractivity contribution in [1.29, 1.82) is 0 Å². The number of hydrogen-bond acceptors (Lipinski definition) is 2. The van der Waals surface area contributed by atoms with E-state index in [-0.39, 0.29) is 16.9 Å². The Morgan fingerprint density at radius 1 is 1.38 bits per heavy atom. The van der Waals surface area contributed by atoms with Gasteiger partial charge in [-0.05, 0) is 42.4 Å². The number of rotatable bonds is 3. The molecule has 3 atom stereocenters. The van der Waals surface area contributed by atoms with Gasteiger partial charge in [-0.3, -0.25) is 0 Å². The van der Waals surface area contributed by atoms with Gasteiger partial charge in [-0.15, -0.1) is 0 Å². The number of allylic oxidation sites excluding steroid dienone is 2. The lowest BCUT2D eigenvalue weighted by Crippen LogP contribution is -2.49. The standard InChI is InChI=1S/C18H28O3/c1-12-6-7-15-17(2,3)8-5-9-18(15,4)14(12)10-13(11-19)16(20)21/h10,14-15,19H,1,5-9,11H2,2-4H3,(H,20,21)/b13-10+/t14-,15-,18+/m0/s1. The Hall–Kier alpha value is -1.09. The largest absolute Gasteiger partial charge is 0.478 e. The average molecular weight is 292 g/mol. The number of fused-ring (bicyclic) bond motifs is 1. The van der Waals surface area contributed by atoms with Crippen LogP contribution in [0.3, 0.4) is 0 Å². The lowest BCUT2D eigenvalue weighted by Gasteiger charge is -2.57. The Kier molecular flexibility index (Phi) is 4.34. The molecule has 2 aliphatic carbocycles. The number of carboxylic acids is 1. The summed E-state index contributed by atoms with van der Waals surface area (Å²) in [5.41, 5.74) is 1.58. The summed E-state index contributed by atoms with van der Waals surface area (Å²) in [5.74, 6) is -0.376. The van der Waals surface area contributed by atoms with Gasteiger partial charge in [0, 0.05) is 5.92 Å². The molecule has 0 aromatic carbocycles. The molecular formula is C18H28O3. The molecule has 0 aromatic heterocycles. The maximum Gasteiger partial charge on any atom is 0.333 e. The van der Waals surface area contributed by atoms with Crippen LogP contribution in [0.15, 0.2) is 23.8 Å². The Morgan fingerprint density at radius 2 is 2.05 bits per heavy atom. The van der Waals surface area contributed by atoms with Crippen LogP contribution >= 0.6 is 0 Å². The van der Waals surface area contributed by atoms with Gasteiger partial charge in [-0.2, -0.15) is 0 Å². The van der Waals surface area contributed by atoms with Gasteiger partial charge in [-0.1, -0.05) is 45.4 Å². The van der Waals surface area contributed by atoms with Gasteiger partial charge in [0.1, 0.15) is 0 Å². The van der Waals surface area contributed by atoms with Crippen LogP contribution in [0, 0.1) is 22.7 Å². The van der Waals surface area contributed by atoms with Crippen molar-refractivity contribution in [2.24, 2.45) is 22.7 Å². The first-order valence-electron chi connectivity index (χ1n) is 7.95. The molecular weight excluding hydrogens is 264 g/mol. The fourth-order valence-corrected chi connectivity index (χ4v) is 4.91. The van der Waals surface area contributed by atoms with Gasteiger partial charge in [0.15, 0.2) is 0 Å². The van der Waals surface area contributed by atoms with Crippen LogP contribution in [0.2, 0.25) is 0 Å². The van der Waals surface area contributed by atoms with Crippen molar-refractivity contribution in [3.8, 4) is 0 Å². The number of carboxylic acid groups (broad SMARTS) is 1. The Morgan fingerprint density at radius 3 is 2.62 bits per heavy atom. The summed E-state index contributed by atoms with van der Waals surface area (Å²) >= 11 is 0. The molecule has 0 spiro atoms. The van der Waals surface area contributed by atoms with E-state index in [9.17, 15) is 15.0 Å². The van der Waals surface area contributed by atoms with Gasteiger partial charge in [-0.25, -0.2) is 4.79 Å². The second kappa shape index (κ2) is 5.60. The topological polar surface area (TPSA) is 57.5 Å². The SMILES string of the molecule is C=C1CC[C@H]2C(C)(C)CCC[C@]2(C)[C@H]1/C=C(\CO)C(=O)O. The highest BCUT2D eigenvalue weighted by Crippen LogP contribution is 2.61. The molecule has 2 aliphatic rings. The van der Waals surface area contributed by atoms with E-state index in [1.807, 2.05) is 0 Å². The molecule has 0 radical (unpaired) electrons. The van der Waals surface area contributed by atoms with E-state index in [0.29, 0.717) is 11.3 Å². The third kappa shape index (κ3) is 2.80. The first kappa shape index (κ1) is 16.3. The van der Waals surface area contributed by atoms with Crippen molar-refractivity contribution in [3.63, 3.8) is 0 Å². The molecule has 3 nitrogen and oxygen atoms in total. The Labute approximate surface area is 127 Å². The normalized spacial score (nSPS) is 36.2. The number of aliphatic hydroxyl groups is 1. The van der Waals surface area contributed by atoms with Crippen molar-refractivity contribution in [2.75, 3.05) is 6.61 Å². The van der Waals surface area contributed by atoms with E-state index in [1.54, 1.807) is 6.08 Å². The van der Waals surface area contributed by atoms with Crippen LogP contribution < -0.4 is 0 Å². The third-order valence-electron chi connectivity index (χ3n) is 5.99. The molecule has 2 N–H and O–H groups in total. The summed E-state index contributed by atoms with van der Waals surface area (Å²) < 4.78 is 0. The van der Waals surface area contributed by atoms with Crippen LogP contribution in [0.25, 0.3) is 0 Å². The first-order chi connectivity index (χ1) is 9.72. The average Bonchev–Trinajstić information content (AvgIpc) is 2.36. The smallest absolute Gasteiger partial charge is 0.333 e. The van der Waals surface area contributed by atoms with Crippen molar-refractivity contribution in [3.05, 3.63) is 23.8 Å². The molecule has 2 saturated carbocycles. The van der Waals surface area contributed by atoms with Crippen LogP contribution in [0.4, 0.5) is 0 Å². The number of carbonyl (C=O) groups is 1. The van der Waals surface area contributed by atoms with Gasteiger partial charge >= 0.3 is 5.97 Å². The molecule has 0 unspecified atom stereocenters. The fraction of sp³-hybridized carbons (Fsp3) is 0.722. The zero-order valence-electron chi connectivity index (χ0n) is 13.5. The number of aliphatic hydroxyl groups excluding tert-OH is 1. The fourth-order valence-electron chi connectivity index (χ4n) is 4.91. The van der Waals surface area contributed by atoms with E-state index in [2.05, 4.69) is 27.4 Å². The molecule has 2 fully saturated rings. The maximum absolute atomic E-state index is 11.2. The van der Waals surface area contributed by atoms with E-state index >= 15 is 0 Å². The zero-order valence-corrected chi connectivity index (χ0v) is 13.5. The van der Waals surface area contributed by atoms with E-state index in [1.165, 1.54) is 12.8 Å².